The van der Waals surface area contributed by atoms with E-state index >= 15 is 0 Å². The zero-order valence-corrected chi connectivity index (χ0v) is 12.7. The van der Waals surface area contributed by atoms with Gasteiger partial charge in [0.25, 0.3) is 0 Å². The Balaban J connectivity index is 1.90. The highest BCUT2D eigenvalue weighted by Gasteiger charge is 2.33. The maximum Gasteiger partial charge on any atom is 0.0624 e. The Morgan fingerprint density at radius 2 is 2.10 bits per heavy atom. The molecule has 3 N–H and O–H groups in total. The molecule has 2 rings (SSSR count). The molecule has 0 radical (unpaired) electrons. The Hall–Kier alpha value is -0.610. The average molecular weight is 298 g/mol. The SMILES string of the molecule is CCOC1CC(CC(O)C(CN)c2ccccc2Cl)C1. The monoisotopic (exact) mass is 297 g/mol. The van der Waals surface area contributed by atoms with E-state index in [1.165, 1.54) is 0 Å². The lowest BCUT2D eigenvalue weighted by Gasteiger charge is -2.37. The Kier molecular flexibility index (Phi) is 5.85. The normalized spacial score (nSPS) is 25.0. The summed E-state index contributed by atoms with van der Waals surface area (Å²) in [6.07, 6.45) is 2.81. The summed E-state index contributed by atoms with van der Waals surface area (Å²) in [7, 11) is 0. The second-order valence-corrected chi connectivity index (χ2v) is 5.99. The van der Waals surface area contributed by atoms with Crippen molar-refractivity contribution in [3.63, 3.8) is 0 Å². The summed E-state index contributed by atoms with van der Waals surface area (Å²) in [5.74, 6) is 0.452. The third kappa shape index (κ3) is 3.73. The largest absolute Gasteiger partial charge is 0.392 e. The minimum absolute atomic E-state index is 0.0881. The van der Waals surface area contributed by atoms with Crippen molar-refractivity contribution in [1.82, 2.24) is 0 Å². The average Bonchev–Trinajstić information content (AvgIpc) is 2.39. The summed E-state index contributed by atoms with van der Waals surface area (Å²) in [5.41, 5.74) is 6.79. The van der Waals surface area contributed by atoms with Crippen LogP contribution in [-0.2, 0) is 4.74 Å². The third-order valence-electron chi connectivity index (χ3n) is 4.19. The van der Waals surface area contributed by atoms with Gasteiger partial charge in [-0.2, -0.15) is 0 Å². The van der Waals surface area contributed by atoms with Crippen LogP contribution in [0.15, 0.2) is 24.3 Å². The maximum atomic E-state index is 10.5. The Labute approximate surface area is 126 Å². The molecule has 0 spiro atoms. The quantitative estimate of drug-likeness (QED) is 0.813. The number of benzene rings is 1. The molecule has 0 saturated heterocycles. The predicted molar refractivity (Wildman–Crippen MR) is 82.0 cm³/mol. The standard InChI is InChI=1S/C16H24ClNO2/c1-2-20-12-7-11(8-12)9-16(19)14(10-18)13-5-3-4-6-15(13)17/h3-6,11-12,14,16,19H,2,7-10,18H2,1H3. The minimum atomic E-state index is -0.438. The van der Waals surface area contributed by atoms with E-state index in [4.69, 9.17) is 22.1 Å². The van der Waals surface area contributed by atoms with Crippen LogP contribution in [0.1, 0.15) is 37.7 Å². The fourth-order valence-electron chi connectivity index (χ4n) is 3.01. The molecular weight excluding hydrogens is 274 g/mol. The highest BCUT2D eigenvalue weighted by Crippen LogP contribution is 2.37. The number of ether oxygens (including phenoxy) is 1. The summed E-state index contributed by atoms with van der Waals surface area (Å²) in [4.78, 5) is 0. The van der Waals surface area contributed by atoms with Crippen molar-refractivity contribution < 1.29 is 9.84 Å². The van der Waals surface area contributed by atoms with E-state index in [1.54, 1.807) is 0 Å². The van der Waals surface area contributed by atoms with Crippen molar-refractivity contribution in [3.8, 4) is 0 Å². The van der Waals surface area contributed by atoms with Crippen molar-refractivity contribution in [2.75, 3.05) is 13.2 Å². The molecule has 0 bridgehead atoms. The lowest BCUT2D eigenvalue weighted by Crippen LogP contribution is -2.36. The van der Waals surface area contributed by atoms with Crippen LogP contribution in [0, 0.1) is 5.92 Å². The van der Waals surface area contributed by atoms with Gasteiger partial charge < -0.3 is 15.6 Å². The lowest BCUT2D eigenvalue weighted by atomic mass is 9.76. The molecule has 1 aromatic rings. The molecule has 1 aromatic carbocycles. The van der Waals surface area contributed by atoms with Crippen LogP contribution in [0.2, 0.25) is 5.02 Å². The fraction of sp³-hybridized carbons (Fsp3) is 0.625. The van der Waals surface area contributed by atoms with Crippen LogP contribution in [0.3, 0.4) is 0 Å². The zero-order valence-electron chi connectivity index (χ0n) is 12.0. The maximum absolute atomic E-state index is 10.5. The first-order valence-electron chi connectivity index (χ1n) is 7.39. The topological polar surface area (TPSA) is 55.5 Å². The van der Waals surface area contributed by atoms with Crippen LogP contribution in [0.25, 0.3) is 0 Å². The molecule has 20 heavy (non-hydrogen) atoms. The van der Waals surface area contributed by atoms with Crippen LogP contribution in [-0.4, -0.2) is 30.5 Å². The van der Waals surface area contributed by atoms with E-state index in [-0.39, 0.29) is 5.92 Å². The molecule has 1 aliphatic carbocycles. The molecule has 1 saturated carbocycles. The second kappa shape index (κ2) is 7.41. The molecule has 0 amide bonds. The first-order chi connectivity index (χ1) is 9.65. The van der Waals surface area contributed by atoms with Crippen LogP contribution < -0.4 is 5.73 Å². The molecule has 3 nitrogen and oxygen atoms in total. The van der Waals surface area contributed by atoms with Crippen molar-refractivity contribution in [2.24, 2.45) is 11.7 Å². The lowest BCUT2D eigenvalue weighted by molar-refractivity contribution is -0.0398. The van der Waals surface area contributed by atoms with E-state index in [0.29, 0.717) is 23.6 Å². The van der Waals surface area contributed by atoms with Crippen LogP contribution in [0.4, 0.5) is 0 Å². The fourth-order valence-corrected chi connectivity index (χ4v) is 3.29. The molecular formula is C16H24ClNO2. The minimum Gasteiger partial charge on any atom is -0.392 e. The van der Waals surface area contributed by atoms with Gasteiger partial charge in [-0.05, 0) is 43.7 Å². The van der Waals surface area contributed by atoms with Crippen LogP contribution in [0.5, 0.6) is 0 Å². The molecule has 0 heterocycles. The van der Waals surface area contributed by atoms with Gasteiger partial charge in [0.2, 0.25) is 0 Å². The molecule has 0 aliphatic heterocycles. The van der Waals surface area contributed by atoms with Gasteiger partial charge in [0, 0.05) is 24.1 Å². The van der Waals surface area contributed by atoms with E-state index in [1.807, 2.05) is 31.2 Å². The summed E-state index contributed by atoms with van der Waals surface area (Å²) in [6.45, 7) is 3.20. The first kappa shape index (κ1) is 15.8. The highest BCUT2D eigenvalue weighted by atomic mass is 35.5. The Morgan fingerprint density at radius 1 is 1.40 bits per heavy atom. The van der Waals surface area contributed by atoms with Crippen molar-refractivity contribution in [2.45, 2.75) is 44.3 Å². The van der Waals surface area contributed by atoms with Gasteiger partial charge in [0.05, 0.1) is 12.2 Å². The summed E-state index contributed by atoms with van der Waals surface area (Å²) < 4.78 is 5.55. The second-order valence-electron chi connectivity index (χ2n) is 5.58. The Bertz CT molecular complexity index is 421. The van der Waals surface area contributed by atoms with Gasteiger partial charge in [0.1, 0.15) is 0 Å². The highest BCUT2D eigenvalue weighted by molar-refractivity contribution is 6.31. The van der Waals surface area contributed by atoms with Gasteiger partial charge in [-0.15, -0.1) is 0 Å². The molecule has 1 fully saturated rings. The Morgan fingerprint density at radius 3 is 2.70 bits per heavy atom. The molecule has 1 aliphatic rings. The third-order valence-corrected chi connectivity index (χ3v) is 4.54. The van der Waals surface area contributed by atoms with Gasteiger partial charge in [-0.1, -0.05) is 29.8 Å². The molecule has 112 valence electrons. The van der Waals surface area contributed by atoms with Crippen molar-refractivity contribution in [3.05, 3.63) is 34.9 Å². The zero-order chi connectivity index (χ0) is 14.5. The van der Waals surface area contributed by atoms with Crippen LogP contribution >= 0.6 is 11.6 Å². The predicted octanol–water partition coefficient (Wildman–Crippen LogP) is 2.95. The number of rotatable bonds is 7. The number of aliphatic hydroxyl groups is 1. The van der Waals surface area contributed by atoms with E-state index < -0.39 is 6.10 Å². The first-order valence-corrected chi connectivity index (χ1v) is 7.77. The van der Waals surface area contributed by atoms with Crippen molar-refractivity contribution >= 4 is 11.6 Å². The molecule has 2 atom stereocenters. The van der Waals surface area contributed by atoms with E-state index in [2.05, 4.69) is 0 Å². The summed E-state index contributed by atoms with van der Waals surface area (Å²) >= 11 is 6.20. The summed E-state index contributed by atoms with van der Waals surface area (Å²) in [5, 5.41) is 11.1. The van der Waals surface area contributed by atoms with Gasteiger partial charge in [0.15, 0.2) is 0 Å². The number of aliphatic hydroxyl groups excluding tert-OH is 1. The number of halogens is 1. The molecule has 2 unspecified atom stereocenters. The number of nitrogens with two attached hydrogens (primary N) is 1. The van der Waals surface area contributed by atoms with E-state index in [0.717, 1.165) is 31.4 Å². The number of hydrogen-bond donors (Lipinski definition) is 2. The van der Waals surface area contributed by atoms with E-state index in [9.17, 15) is 5.11 Å². The molecule has 0 aromatic heterocycles. The van der Waals surface area contributed by atoms with Gasteiger partial charge in [-0.25, -0.2) is 0 Å². The molecule has 4 heteroatoms. The van der Waals surface area contributed by atoms with Gasteiger partial charge in [-0.3, -0.25) is 0 Å². The number of hydrogen-bond acceptors (Lipinski definition) is 3. The van der Waals surface area contributed by atoms with Gasteiger partial charge >= 0.3 is 0 Å². The summed E-state index contributed by atoms with van der Waals surface area (Å²) in [6, 6.07) is 7.63. The smallest absolute Gasteiger partial charge is 0.0624 e. The van der Waals surface area contributed by atoms with Crippen molar-refractivity contribution in [1.29, 1.82) is 0 Å².